The average molecular weight is 190 g/mol. The Balaban J connectivity index is 2.68. The highest BCUT2D eigenvalue weighted by Crippen LogP contribution is 2.24. The molecule has 1 N–H and O–H groups in total. The Morgan fingerprint density at radius 3 is 2.50 bits per heavy atom. The third-order valence-electron chi connectivity index (χ3n) is 2.47. The van der Waals surface area contributed by atoms with Crippen LogP contribution in [0.15, 0.2) is 36.9 Å². The van der Waals surface area contributed by atoms with Crippen molar-refractivity contribution >= 4 is 0 Å². The molecule has 1 aromatic rings. The van der Waals surface area contributed by atoms with Crippen LogP contribution in [0.4, 0.5) is 0 Å². The molecule has 1 rings (SSSR count). The lowest BCUT2D eigenvalue weighted by molar-refractivity contribution is 0.475. The molecule has 0 heterocycles. The minimum absolute atomic E-state index is 0.326. The zero-order valence-electron chi connectivity index (χ0n) is 8.74. The minimum atomic E-state index is 0.326. The Kier molecular flexibility index (Phi) is 4.24. The first-order valence-corrected chi connectivity index (χ1v) is 5.19. The summed E-state index contributed by atoms with van der Waals surface area (Å²) < 4.78 is 0. The summed E-state index contributed by atoms with van der Waals surface area (Å²) in [6, 6.07) is 7.41. The molecule has 1 aromatic carbocycles. The SMILES string of the molecule is C=CC(CCCC)c1ccc(O)cc1. The summed E-state index contributed by atoms with van der Waals surface area (Å²) in [6.45, 7) is 6.04. The average Bonchev–Trinajstić information content (AvgIpc) is 2.21. The van der Waals surface area contributed by atoms with Crippen LogP contribution in [0.5, 0.6) is 5.75 Å². The van der Waals surface area contributed by atoms with Crippen LogP contribution >= 0.6 is 0 Å². The Morgan fingerprint density at radius 2 is 2.00 bits per heavy atom. The van der Waals surface area contributed by atoms with Crippen molar-refractivity contribution in [3.63, 3.8) is 0 Å². The highest BCUT2D eigenvalue weighted by atomic mass is 16.3. The van der Waals surface area contributed by atoms with Gasteiger partial charge in [-0.3, -0.25) is 0 Å². The maximum absolute atomic E-state index is 9.16. The first kappa shape index (κ1) is 10.8. The molecular formula is C13H18O. The number of hydrogen-bond acceptors (Lipinski definition) is 1. The monoisotopic (exact) mass is 190 g/mol. The van der Waals surface area contributed by atoms with Gasteiger partial charge >= 0.3 is 0 Å². The van der Waals surface area contributed by atoms with E-state index >= 15 is 0 Å². The molecule has 0 saturated heterocycles. The van der Waals surface area contributed by atoms with E-state index in [-0.39, 0.29) is 0 Å². The van der Waals surface area contributed by atoms with Gasteiger partial charge in [0.1, 0.15) is 5.75 Å². The Bertz CT molecular complexity index is 274. The van der Waals surface area contributed by atoms with Crippen molar-refractivity contribution in [3.05, 3.63) is 42.5 Å². The number of aromatic hydroxyl groups is 1. The van der Waals surface area contributed by atoms with Crippen molar-refractivity contribution < 1.29 is 5.11 Å². The second-order valence-electron chi connectivity index (χ2n) is 3.58. The Morgan fingerprint density at radius 1 is 1.36 bits per heavy atom. The highest BCUT2D eigenvalue weighted by molar-refractivity contribution is 5.30. The number of unbranched alkanes of at least 4 members (excludes halogenated alkanes) is 1. The highest BCUT2D eigenvalue weighted by Gasteiger charge is 2.06. The van der Waals surface area contributed by atoms with Gasteiger partial charge in [0.15, 0.2) is 0 Å². The van der Waals surface area contributed by atoms with E-state index in [9.17, 15) is 0 Å². The van der Waals surface area contributed by atoms with Gasteiger partial charge in [0, 0.05) is 5.92 Å². The van der Waals surface area contributed by atoms with Crippen molar-refractivity contribution in [1.82, 2.24) is 0 Å². The van der Waals surface area contributed by atoms with E-state index in [0.29, 0.717) is 11.7 Å². The van der Waals surface area contributed by atoms with Gasteiger partial charge in [-0.05, 0) is 24.1 Å². The minimum Gasteiger partial charge on any atom is -0.508 e. The molecule has 76 valence electrons. The van der Waals surface area contributed by atoms with Gasteiger partial charge in [0.05, 0.1) is 0 Å². The molecule has 0 aliphatic carbocycles. The number of phenolic OH excluding ortho intramolecular Hbond substituents is 1. The summed E-state index contributed by atoms with van der Waals surface area (Å²) in [4.78, 5) is 0. The van der Waals surface area contributed by atoms with Gasteiger partial charge in [-0.1, -0.05) is 38.0 Å². The van der Waals surface area contributed by atoms with Crippen molar-refractivity contribution in [2.45, 2.75) is 32.1 Å². The molecule has 1 nitrogen and oxygen atoms in total. The van der Waals surface area contributed by atoms with Gasteiger partial charge in [0.25, 0.3) is 0 Å². The molecule has 0 amide bonds. The third kappa shape index (κ3) is 2.91. The molecule has 14 heavy (non-hydrogen) atoms. The largest absolute Gasteiger partial charge is 0.508 e. The molecule has 0 bridgehead atoms. The molecule has 0 aliphatic rings. The lowest BCUT2D eigenvalue weighted by atomic mass is 9.94. The van der Waals surface area contributed by atoms with Crippen molar-refractivity contribution in [2.75, 3.05) is 0 Å². The van der Waals surface area contributed by atoms with Crippen LogP contribution in [0.1, 0.15) is 37.7 Å². The number of rotatable bonds is 5. The third-order valence-corrected chi connectivity index (χ3v) is 2.47. The molecule has 1 atom stereocenters. The summed E-state index contributed by atoms with van der Waals surface area (Å²) in [5.74, 6) is 0.752. The smallest absolute Gasteiger partial charge is 0.115 e. The number of allylic oxidation sites excluding steroid dienone is 1. The second kappa shape index (κ2) is 5.48. The van der Waals surface area contributed by atoms with E-state index in [4.69, 9.17) is 5.11 Å². The standard InChI is InChI=1S/C13H18O/c1-3-5-6-11(4-2)12-7-9-13(14)10-8-12/h4,7-11,14H,2-3,5-6H2,1H3. The fourth-order valence-electron chi connectivity index (χ4n) is 1.57. The second-order valence-corrected chi connectivity index (χ2v) is 3.58. The Hall–Kier alpha value is -1.24. The zero-order valence-corrected chi connectivity index (χ0v) is 8.74. The van der Waals surface area contributed by atoms with E-state index in [1.165, 1.54) is 18.4 Å². The molecule has 0 saturated carbocycles. The quantitative estimate of drug-likeness (QED) is 0.699. The van der Waals surface area contributed by atoms with Crippen LogP contribution < -0.4 is 0 Å². The van der Waals surface area contributed by atoms with Gasteiger partial charge in [0.2, 0.25) is 0 Å². The molecule has 0 radical (unpaired) electrons. The van der Waals surface area contributed by atoms with Crippen LogP contribution in [0.25, 0.3) is 0 Å². The van der Waals surface area contributed by atoms with Crippen LogP contribution in [0.2, 0.25) is 0 Å². The fourth-order valence-corrected chi connectivity index (χ4v) is 1.57. The molecule has 0 aliphatic heterocycles. The van der Waals surface area contributed by atoms with Gasteiger partial charge < -0.3 is 5.11 Å². The van der Waals surface area contributed by atoms with E-state index in [1.54, 1.807) is 12.1 Å². The number of benzene rings is 1. The number of hydrogen-bond donors (Lipinski definition) is 1. The molecule has 0 spiro atoms. The maximum atomic E-state index is 9.16. The van der Waals surface area contributed by atoms with E-state index in [2.05, 4.69) is 13.5 Å². The summed E-state index contributed by atoms with van der Waals surface area (Å²) in [5.41, 5.74) is 1.24. The fraction of sp³-hybridized carbons (Fsp3) is 0.385. The first-order chi connectivity index (χ1) is 6.77. The summed E-state index contributed by atoms with van der Waals surface area (Å²) in [7, 11) is 0. The lowest BCUT2D eigenvalue weighted by Crippen LogP contribution is -1.94. The zero-order chi connectivity index (χ0) is 10.4. The summed E-state index contributed by atoms with van der Waals surface area (Å²) in [6.07, 6.45) is 5.56. The normalized spacial score (nSPS) is 12.4. The van der Waals surface area contributed by atoms with Crippen molar-refractivity contribution in [1.29, 1.82) is 0 Å². The topological polar surface area (TPSA) is 20.2 Å². The van der Waals surface area contributed by atoms with E-state index in [0.717, 1.165) is 6.42 Å². The molecular weight excluding hydrogens is 172 g/mol. The first-order valence-electron chi connectivity index (χ1n) is 5.19. The Labute approximate surface area is 86.1 Å². The van der Waals surface area contributed by atoms with Crippen LogP contribution in [0.3, 0.4) is 0 Å². The van der Waals surface area contributed by atoms with Crippen LogP contribution in [0, 0.1) is 0 Å². The molecule has 1 unspecified atom stereocenters. The van der Waals surface area contributed by atoms with E-state index < -0.39 is 0 Å². The summed E-state index contributed by atoms with van der Waals surface area (Å²) >= 11 is 0. The van der Waals surface area contributed by atoms with Crippen LogP contribution in [-0.2, 0) is 0 Å². The van der Waals surface area contributed by atoms with Gasteiger partial charge in [-0.2, -0.15) is 0 Å². The molecule has 0 fully saturated rings. The molecule has 1 heteroatoms. The van der Waals surface area contributed by atoms with Gasteiger partial charge in [-0.25, -0.2) is 0 Å². The predicted octanol–water partition coefficient (Wildman–Crippen LogP) is 3.85. The van der Waals surface area contributed by atoms with E-state index in [1.807, 2.05) is 18.2 Å². The van der Waals surface area contributed by atoms with Crippen LogP contribution in [-0.4, -0.2) is 5.11 Å². The molecule has 0 aromatic heterocycles. The predicted molar refractivity (Wildman–Crippen MR) is 60.6 cm³/mol. The van der Waals surface area contributed by atoms with Crippen molar-refractivity contribution in [3.8, 4) is 5.75 Å². The maximum Gasteiger partial charge on any atom is 0.115 e. The van der Waals surface area contributed by atoms with Gasteiger partial charge in [-0.15, -0.1) is 6.58 Å². The lowest BCUT2D eigenvalue weighted by Gasteiger charge is -2.11. The van der Waals surface area contributed by atoms with Crippen molar-refractivity contribution in [2.24, 2.45) is 0 Å². The summed E-state index contributed by atoms with van der Waals surface area (Å²) in [5, 5.41) is 9.16. The number of phenols is 1.